The van der Waals surface area contributed by atoms with Gasteiger partial charge in [-0.1, -0.05) is 41.9 Å². The summed E-state index contributed by atoms with van der Waals surface area (Å²) in [7, 11) is 0. The van der Waals surface area contributed by atoms with Gasteiger partial charge in [0.05, 0.1) is 27.9 Å². The highest BCUT2D eigenvalue weighted by molar-refractivity contribution is 6.34. The second kappa shape index (κ2) is 11.0. The van der Waals surface area contributed by atoms with Crippen molar-refractivity contribution in [2.24, 2.45) is 11.7 Å². The van der Waals surface area contributed by atoms with Gasteiger partial charge in [0.25, 0.3) is 11.8 Å². The minimum Gasteiger partial charge on any atom is -0.384 e. The molecule has 0 spiro atoms. The Labute approximate surface area is 229 Å². The van der Waals surface area contributed by atoms with Crippen LogP contribution < -0.4 is 16.8 Å². The van der Waals surface area contributed by atoms with E-state index in [0.29, 0.717) is 42.1 Å². The number of nitrogens with one attached hydrogen (secondary N) is 1. The lowest BCUT2D eigenvalue weighted by Crippen LogP contribution is -2.44. The van der Waals surface area contributed by atoms with Crippen molar-refractivity contribution in [2.45, 2.75) is 12.8 Å². The summed E-state index contributed by atoms with van der Waals surface area (Å²) in [5.41, 5.74) is 13.6. The van der Waals surface area contributed by atoms with Crippen LogP contribution in [0.2, 0.25) is 5.02 Å². The number of piperidine rings is 1. The molecule has 10 nitrogen and oxygen atoms in total. The summed E-state index contributed by atoms with van der Waals surface area (Å²) >= 11 is 6.40. The number of likely N-dealkylation sites (tertiary alicyclic amines) is 1. The number of nitrogens with two attached hydrogens (primary N) is 2. The van der Waals surface area contributed by atoms with E-state index in [1.165, 1.54) is 10.7 Å². The zero-order valence-corrected chi connectivity index (χ0v) is 21.6. The maximum absolute atomic E-state index is 13.4. The van der Waals surface area contributed by atoms with E-state index in [9.17, 15) is 14.4 Å². The smallest absolute Gasteiger partial charge is 0.274 e. The summed E-state index contributed by atoms with van der Waals surface area (Å²) in [6, 6.07) is 20.9. The molecular weight excluding hydrogens is 518 g/mol. The molecule has 1 saturated heterocycles. The van der Waals surface area contributed by atoms with Crippen LogP contribution in [0.25, 0.3) is 16.9 Å². The number of anilines is 2. The first-order valence-corrected chi connectivity index (χ1v) is 12.8. The summed E-state index contributed by atoms with van der Waals surface area (Å²) in [4.78, 5) is 44.4. The Morgan fingerprint density at radius 2 is 1.79 bits per heavy atom. The van der Waals surface area contributed by atoms with Crippen LogP contribution in [-0.2, 0) is 4.79 Å². The van der Waals surface area contributed by atoms with E-state index in [0.717, 1.165) is 0 Å². The van der Waals surface area contributed by atoms with Crippen LogP contribution in [0.1, 0.15) is 33.7 Å². The minimum atomic E-state index is -0.492. The fourth-order valence-corrected chi connectivity index (χ4v) is 4.75. The molecule has 1 atom stereocenters. The fourth-order valence-electron chi connectivity index (χ4n) is 4.55. The lowest BCUT2D eigenvalue weighted by atomic mass is 9.97. The Morgan fingerprint density at radius 3 is 2.54 bits per heavy atom. The van der Waals surface area contributed by atoms with E-state index in [-0.39, 0.29) is 34.5 Å². The first-order valence-electron chi connectivity index (χ1n) is 12.4. The van der Waals surface area contributed by atoms with Gasteiger partial charge >= 0.3 is 0 Å². The number of carbonyl (C=O) groups excluding carboxylic acids is 3. The number of nitrogens with zero attached hydrogens (tertiary/aromatic N) is 4. The normalized spacial score (nSPS) is 15.1. The van der Waals surface area contributed by atoms with Gasteiger partial charge in [0, 0.05) is 24.7 Å². The van der Waals surface area contributed by atoms with Crippen LogP contribution in [-0.4, -0.2) is 50.5 Å². The molecule has 0 bridgehead atoms. The molecule has 5 N–H and O–H groups in total. The monoisotopic (exact) mass is 543 g/mol. The number of halogens is 1. The molecular formula is C28H26ClN7O3. The maximum Gasteiger partial charge on any atom is 0.274 e. The highest BCUT2D eigenvalue weighted by Gasteiger charge is 2.29. The van der Waals surface area contributed by atoms with Gasteiger partial charge in [-0.25, -0.2) is 9.67 Å². The Hall–Kier alpha value is -4.70. The van der Waals surface area contributed by atoms with E-state index < -0.39 is 17.7 Å². The van der Waals surface area contributed by atoms with Gasteiger partial charge in [-0.05, 0) is 49.2 Å². The quantitative estimate of drug-likeness (QED) is 0.337. The van der Waals surface area contributed by atoms with Gasteiger partial charge in [0.1, 0.15) is 11.6 Å². The predicted octanol–water partition coefficient (Wildman–Crippen LogP) is 3.76. The van der Waals surface area contributed by atoms with E-state index in [2.05, 4.69) is 15.4 Å². The van der Waals surface area contributed by atoms with Crippen molar-refractivity contribution in [1.82, 2.24) is 19.7 Å². The van der Waals surface area contributed by atoms with Crippen molar-refractivity contribution in [1.29, 1.82) is 0 Å². The lowest BCUT2D eigenvalue weighted by molar-refractivity contribution is -0.123. The van der Waals surface area contributed by atoms with Gasteiger partial charge in [-0.2, -0.15) is 5.10 Å². The van der Waals surface area contributed by atoms with Crippen LogP contribution in [0.3, 0.4) is 0 Å². The predicted molar refractivity (Wildman–Crippen MR) is 148 cm³/mol. The van der Waals surface area contributed by atoms with Crippen LogP contribution >= 0.6 is 11.6 Å². The molecule has 0 radical (unpaired) electrons. The van der Waals surface area contributed by atoms with Gasteiger partial charge < -0.3 is 21.7 Å². The molecule has 198 valence electrons. The third-order valence-corrected chi connectivity index (χ3v) is 6.89. The zero-order valence-electron chi connectivity index (χ0n) is 20.9. The molecule has 3 heterocycles. The van der Waals surface area contributed by atoms with E-state index in [4.69, 9.17) is 23.1 Å². The van der Waals surface area contributed by atoms with Crippen molar-refractivity contribution in [3.63, 3.8) is 0 Å². The van der Waals surface area contributed by atoms with E-state index >= 15 is 0 Å². The largest absolute Gasteiger partial charge is 0.384 e. The number of para-hydroxylation sites is 1. The van der Waals surface area contributed by atoms with Crippen molar-refractivity contribution >= 4 is 41.0 Å². The number of carbonyl (C=O) groups is 3. The summed E-state index contributed by atoms with van der Waals surface area (Å²) in [6.07, 6.45) is 1.31. The molecule has 0 unspecified atom stereocenters. The molecule has 5 rings (SSSR count). The molecule has 1 fully saturated rings. The number of nitrogen functional groups attached to an aromatic ring is 1. The molecule has 1 aliphatic rings. The number of primary amides is 1. The first-order chi connectivity index (χ1) is 18.8. The summed E-state index contributed by atoms with van der Waals surface area (Å²) in [5.74, 6) is -1.04. The number of pyridine rings is 1. The molecule has 2 aromatic heterocycles. The Balaban J connectivity index is 1.47. The van der Waals surface area contributed by atoms with Gasteiger partial charge in [-0.3, -0.25) is 14.4 Å². The standard InChI is InChI=1S/C28H26ClN7O3/c29-21-12-11-17(22-9-4-10-24(30)32-22)14-20(21)27(38)33-25-15-23(34-36(25)19-7-2-1-3-8-19)28(39)35-13-5-6-18(16-35)26(31)37/h1-4,7-12,14-15,18H,5-6,13,16H2,(H2,30,32)(H2,31,37)(H,33,38)/t18-/m0/s1. The fraction of sp³-hybridized carbons (Fsp3) is 0.179. The summed E-state index contributed by atoms with van der Waals surface area (Å²) in [6.45, 7) is 0.720. The first kappa shape index (κ1) is 25.9. The highest BCUT2D eigenvalue weighted by atomic mass is 35.5. The van der Waals surface area contributed by atoms with Gasteiger partial charge in [-0.15, -0.1) is 0 Å². The molecule has 2 aromatic carbocycles. The second-order valence-corrected chi connectivity index (χ2v) is 9.66. The van der Waals surface area contributed by atoms with Gasteiger partial charge in [0.2, 0.25) is 5.91 Å². The van der Waals surface area contributed by atoms with Gasteiger partial charge in [0.15, 0.2) is 5.69 Å². The van der Waals surface area contributed by atoms with Crippen molar-refractivity contribution in [2.75, 3.05) is 24.1 Å². The van der Waals surface area contributed by atoms with Crippen LogP contribution in [0.4, 0.5) is 11.6 Å². The number of rotatable bonds is 6. The molecule has 3 amide bonds. The molecule has 11 heteroatoms. The third kappa shape index (κ3) is 5.60. The second-order valence-electron chi connectivity index (χ2n) is 9.25. The van der Waals surface area contributed by atoms with Crippen LogP contribution in [0.15, 0.2) is 72.8 Å². The average molecular weight is 544 g/mol. The summed E-state index contributed by atoms with van der Waals surface area (Å²) < 4.78 is 1.48. The number of hydrogen-bond donors (Lipinski definition) is 3. The molecule has 0 aliphatic carbocycles. The van der Waals surface area contributed by atoms with Crippen molar-refractivity contribution in [3.05, 3.63) is 89.1 Å². The number of hydrogen-bond acceptors (Lipinski definition) is 6. The third-order valence-electron chi connectivity index (χ3n) is 6.56. The number of aromatic nitrogens is 3. The molecule has 4 aromatic rings. The Morgan fingerprint density at radius 1 is 1.00 bits per heavy atom. The van der Waals surface area contributed by atoms with Crippen LogP contribution in [0.5, 0.6) is 0 Å². The minimum absolute atomic E-state index is 0.128. The highest BCUT2D eigenvalue weighted by Crippen LogP contribution is 2.27. The maximum atomic E-state index is 13.4. The molecule has 39 heavy (non-hydrogen) atoms. The Bertz CT molecular complexity index is 1550. The van der Waals surface area contributed by atoms with E-state index in [1.54, 1.807) is 53.4 Å². The lowest BCUT2D eigenvalue weighted by Gasteiger charge is -2.30. The van der Waals surface area contributed by atoms with Crippen molar-refractivity contribution in [3.8, 4) is 16.9 Å². The van der Waals surface area contributed by atoms with E-state index in [1.807, 2.05) is 18.2 Å². The topological polar surface area (TPSA) is 149 Å². The average Bonchev–Trinajstić information content (AvgIpc) is 3.37. The Kier molecular flexibility index (Phi) is 7.29. The SMILES string of the molecule is NC(=O)[C@H]1CCCN(C(=O)c2cc(NC(=O)c3cc(-c4cccc(N)n4)ccc3Cl)n(-c3ccccc3)n2)C1. The summed E-state index contributed by atoms with van der Waals surface area (Å²) in [5, 5.41) is 7.60. The molecule has 1 aliphatic heterocycles. The molecule has 0 saturated carbocycles. The van der Waals surface area contributed by atoms with Crippen LogP contribution in [0, 0.1) is 5.92 Å². The number of amides is 3. The zero-order chi connectivity index (χ0) is 27.5. The van der Waals surface area contributed by atoms with Crippen molar-refractivity contribution < 1.29 is 14.4 Å². The number of benzene rings is 2.